The van der Waals surface area contributed by atoms with Crippen LogP contribution in [0.5, 0.6) is 5.75 Å². The number of hydrogen-bond donors (Lipinski definition) is 3. The van der Waals surface area contributed by atoms with Crippen molar-refractivity contribution in [3.63, 3.8) is 0 Å². The Morgan fingerprint density at radius 3 is 2.71 bits per heavy atom. The van der Waals surface area contributed by atoms with Crippen LogP contribution in [0.4, 0.5) is 15.8 Å². The molecule has 0 saturated carbocycles. The summed E-state index contributed by atoms with van der Waals surface area (Å²) in [7, 11) is 0. The number of ether oxygens (including phenoxy) is 1. The van der Waals surface area contributed by atoms with Crippen LogP contribution in [0.2, 0.25) is 0 Å². The van der Waals surface area contributed by atoms with E-state index in [9.17, 15) is 9.18 Å². The van der Waals surface area contributed by atoms with Crippen LogP contribution in [-0.4, -0.2) is 19.1 Å². The van der Waals surface area contributed by atoms with E-state index in [2.05, 4.69) is 5.32 Å². The molecule has 6 heteroatoms. The van der Waals surface area contributed by atoms with Crippen LogP contribution >= 0.6 is 0 Å². The number of nitrogen functional groups attached to an aromatic ring is 1. The second kappa shape index (κ2) is 6.60. The van der Waals surface area contributed by atoms with Crippen molar-refractivity contribution in [1.82, 2.24) is 0 Å². The summed E-state index contributed by atoms with van der Waals surface area (Å²) in [5.74, 6) is -0.610. The van der Waals surface area contributed by atoms with Crippen molar-refractivity contribution < 1.29 is 13.9 Å². The zero-order valence-corrected chi connectivity index (χ0v) is 11.3. The second-order valence-corrected chi connectivity index (χ2v) is 4.37. The minimum atomic E-state index is -0.690. The number of para-hydroxylation sites is 2. The maximum atomic E-state index is 13.1. The van der Waals surface area contributed by atoms with Crippen molar-refractivity contribution in [3.8, 4) is 5.75 Å². The number of carbonyl (C=O) groups excluding carboxylic acids is 1. The molecule has 2 aromatic carbocycles. The van der Waals surface area contributed by atoms with Crippen LogP contribution in [0.1, 0.15) is 10.4 Å². The molecule has 0 fully saturated rings. The number of nitrogens with two attached hydrogens (primary N) is 2. The van der Waals surface area contributed by atoms with Gasteiger partial charge in [0.15, 0.2) is 0 Å². The number of hydrogen-bond acceptors (Lipinski definition) is 4. The van der Waals surface area contributed by atoms with E-state index in [0.717, 1.165) is 6.07 Å². The van der Waals surface area contributed by atoms with Gasteiger partial charge in [0, 0.05) is 12.2 Å². The van der Waals surface area contributed by atoms with Crippen molar-refractivity contribution >= 4 is 17.3 Å². The van der Waals surface area contributed by atoms with Crippen LogP contribution < -0.4 is 21.5 Å². The largest absolute Gasteiger partial charge is 0.490 e. The highest BCUT2D eigenvalue weighted by Crippen LogP contribution is 2.20. The molecule has 2 aromatic rings. The van der Waals surface area contributed by atoms with Gasteiger partial charge >= 0.3 is 0 Å². The third kappa shape index (κ3) is 3.85. The molecule has 0 spiro atoms. The Morgan fingerprint density at radius 1 is 1.24 bits per heavy atom. The molecular weight excluding hydrogens is 273 g/mol. The Labute approximate surface area is 121 Å². The maximum absolute atomic E-state index is 13.1. The zero-order chi connectivity index (χ0) is 15.2. The van der Waals surface area contributed by atoms with Crippen LogP contribution in [0, 0.1) is 5.82 Å². The van der Waals surface area contributed by atoms with Crippen LogP contribution in [0.3, 0.4) is 0 Å². The number of anilines is 2. The number of nitrogens with one attached hydrogen (secondary N) is 1. The molecule has 1 amide bonds. The fourth-order valence-corrected chi connectivity index (χ4v) is 1.83. The Bertz CT molecular complexity index is 647. The summed E-state index contributed by atoms with van der Waals surface area (Å²) in [5.41, 5.74) is 12.1. The maximum Gasteiger partial charge on any atom is 0.250 e. The molecule has 0 aliphatic rings. The molecule has 0 unspecified atom stereocenters. The number of primary amides is 1. The molecule has 0 heterocycles. The highest BCUT2D eigenvalue weighted by Gasteiger charge is 2.09. The predicted molar refractivity (Wildman–Crippen MR) is 79.8 cm³/mol. The molecule has 0 aliphatic carbocycles. The van der Waals surface area contributed by atoms with Crippen molar-refractivity contribution in [2.24, 2.45) is 5.73 Å². The molecule has 0 saturated heterocycles. The fraction of sp³-hybridized carbons (Fsp3) is 0.133. The fourth-order valence-electron chi connectivity index (χ4n) is 1.83. The first-order chi connectivity index (χ1) is 10.1. The SMILES string of the molecule is NC(=O)c1cc(F)ccc1NCCOc1ccccc1N. The number of halogens is 1. The molecule has 0 bridgehead atoms. The summed E-state index contributed by atoms with van der Waals surface area (Å²) in [6.45, 7) is 0.754. The van der Waals surface area contributed by atoms with E-state index in [1.54, 1.807) is 12.1 Å². The van der Waals surface area contributed by atoms with E-state index in [-0.39, 0.29) is 5.56 Å². The lowest BCUT2D eigenvalue weighted by molar-refractivity contribution is 0.100. The van der Waals surface area contributed by atoms with Crippen molar-refractivity contribution in [2.75, 3.05) is 24.2 Å². The Balaban J connectivity index is 1.92. The quantitative estimate of drug-likeness (QED) is 0.560. The number of amides is 1. The molecule has 0 aromatic heterocycles. The first-order valence-electron chi connectivity index (χ1n) is 6.38. The molecule has 0 atom stereocenters. The van der Waals surface area contributed by atoms with Gasteiger partial charge in [-0.25, -0.2) is 4.39 Å². The first-order valence-corrected chi connectivity index (χ1v) is 6.38. The average molecular weight is 289 g/mol. The standard InChI is InChI=1S/C15H16FN3O2/c16-10-5-6-13(11(9-10)15(18)20)19-7-8-21-14-4-2-1-3-12(14)17/h1-6,9,19H,7-8,17H2,(H2,18,20). The lowest BCUT2D eigenvalue weighted by atomic mass is 10.1. The average Bonchev–Trinajstić information content (AvgIpc) is 2.46. The van der Waals surface area contributed by atoms with Crippen molar-refractivity contribution in [3.05, 3.63) is 53.8 Å². The number of rotatable bonds is 6. The lowest BCUT2D eigenvalue weighted by Gasteiger charge is -2.12. The number of benzene rings is 2. The van der Waals surface area contributed by atoms with E-state index >= 15 is 0 Å². The van der Waals surface area contributed by atoms with Gasteiger partial charge in [0.1, 0.15) is 18.2 Å². The van der Waals surface area contributed by atoms with Gasteiger partial charge < -0.3 is 21.5 Å². The minimum absolute atomic E-state index is 0.106. The highest BCUT2D eigenvalue weighted by molar-refractivity contribution is 5.98. The van der Waals surface area contributed by atoms with Crippen LogP contribution in [-0.2, 0) is 0 Å². The zero-order valence-electron chi connectivity index (χ0n) is 11.3. The van der Waals surface area contributed by atoms with Gasteiger partial charge in [-0.15, -0.1) is 0 Å². The van der Waals surface area contributed by atoms with Gasteiger partial charge in [-0.2, -0.15) is 0 Å². The van der Waals surface area contributed by atoms with Gasteiger partial charge in [-0.1, -0.05) is 12.1 Å². The Hall–Kier alpha value is -2.76. The first kappa shape index (κ1) is 14.6. The molecular formula is C15H16FN3O2. The molecule has 0 aliphatic heterocycles. The van der Waals surface area contributed by atoms with Crippen LogP contribution in [0.25, 0.3) is 0 Å². The van der Waals surface area contributed by atoms with E-state index < -0.39 is 11.7 Å². The van der Waals surface area contributed by atoms with E-state index in [1.807, 2.05) is 12.1 Å². The smallest absolute Gasteiger partial charge is 0.250 e. The summed E-state index contributed by atoms with van der Waals surface area (Å²) in [4.78, 5) is 11.2. The summed E-state index contributed by atoms with van der Waals surface area (Å²) in [6.07, 6.45) is 0. The molecule has 5 nitrogen and oxygen atoms in total. The summed E-state index contributed by atoms with van der Waals surface area (Å²) in [6, 6.07) is 11.0. The molecule has 5 N–H and O–H groups in total. The second-order valence-electron chi connectivity index (χ2n) is 4.37. The summed E-state index contributed by atoms with van der Waals surface area (Å²) >= 11 is 0. The monoisotopic (exact) mass is 289 g/mol. The highest BCUT2D eigenvalue weighted by atomic mass is 19.1. The van der Waals surface area contributed by atoms with Crippen LogP contribution in [0.15, 0.2) is 42.5 Å². The third-order valence-corrected chi connectivity index (χ3v) is 2.84. The molecule has 110 valence electrons. The van der Waals surface area contributed by atoms with Gasteiger partial charge in [0.2, 0.25) is 0 Å². The minimum Gasteiger partial charge on any atom is -0.490 e. The van der Waals surface area contributed by atoms with Crippen molar-refractivity contribution in [2.45, 2.75) is 0 Å². The third-order valence-electron chi connectivity index (χ3n) is 2.84. The number of carbonyl (C=O) groups is 1. The van der Waals surface area contributed by atoms with Crippen molar-refractivity contribution in [1.29, 1.82) is 0 Å². The van der Waals surface area contributed by atoms with E-state index in [1.165, 1.54) is 12.1 Å². The predicted octanol–water partition coefficient (Wildman–Crippen LogP) is 2.00. The molecule has 2 rings (SSSR count). The van der Waals surface area contributed by atoms with Gasteiger partial charge in [0.05, 0.1) is 11.3 Å². The molecule has 0 radical (unpaired) electrons. The van der Waals surface area contributed by atoms with E-state index in [0.29, 0.717) is 30.3 Å². The molecule has 21 heavy (non-hydrogen) atoms. The summed E-state index contributed by atoms with van der Waals surface area (Å²) < 4.78 is 18.6. The van der Waals surface area contributed by atoms with Gasteiger partial charge in [0.25, 0.3) is 5.91 Å². The summed E-state index contributed by atoms with van der Waals surface area (Å²) in [5, 5.41) is 2.98. The lowest BCUT2D eigenvalue weighted by Crippen LogP contribution is -2.17. The topological polar surface area (TPSA) is 90.4 Å². The van der Waals surface area contributed by atoms with Gasteiger partial charge in [-0.3, -0.25) is 4.79 Å². The van der Waals surface area contributed by atoms with Gasteiger partial charge in [-0.05, 0) is 30.3 Å². The Morgan fingerprint density at radius 2 is 2.00 bits per heavy atom. The van der Waals surface area contributed by atoms with E-state index in [4.69, 9.17) is 16.2 Å². The normalized spacial score (nSPS) is 10.1. The Kier molecular flexibility index (Phi) is 4.61.